The molecule has 1 fully saturated rings. The number of ether oxygens (including phenoxy) is 2. The van der Waals surface area contributed by atoms with Crippen LogP contribution in [-0.4, -0.2) is 36.2 Å². The number of benzene rings is 2. The van der Waals surface area contributed by atoms with Crippen molar-refractivity contribution in [3.05, 3.63) is 76.6 Å². The normalized spacial score (nSPS) is 17.5. The molecule has 1 aromatic heterocycles. The topological polar surface area (TPSA) is 102 Å². The third kappa shape index (κ3) is 3.91. The van der Waals surface area contributed by atoms with Gasteiger partial charge in [-0.15, -0.1) is 0 Å². The fourth-order valence-corrected chi connectivity index (χ4v) is 4.05. The Morgan fingerprint density at radius 3 is 2.26 bits per heavy atom. The van der Waals surface area contributed by atoms with Gasteiger partial charge >= 0.3 is 5.91 Å². The van der Waals surface area contributed by atoms with Crippen molar-refractivity contribution in [1.29, 1.82) is 0 Å². The lowest BCUT2D eigenvalue weighted by Crippen LogP contribution is -2.29. The van der Waals surface area contributed by atoms with Crippen LogP contribution in [0.2, 0.25) is 0 Å². The molecule has 0 bridgehead atoms. The largest absolute Gasteiger partial charge is 0.507 e. The molecule has 3 aromatic rings. The summed E-state index contributed by atoms with van der Waals surface area (Å²) in [6.45, 7) is 5.86. The second-order valence-electron chi connectivity index (χ2n) is 8.36. The lowest BCUT2D eigenvalue weighted by molar-refractivity contribution is -0.132. The highest BCUT2D eigenvalue weighted by molar-refractivity contribution is 6.51. The van der Waals surface area contributed by atoms with Crippen LogP contribution >= 0.6 is 0 Å². The summed E-state index contributed by atoms with van der Waals surface area (Å²) in [6, 6.07) is 13.1. The number of nitrogens with zero attached hydrogens (tertiary/aromatic N) is 2. The average Bonchev–Trinajstić information content (AvgIpc) is 3.38. The summed E-state index contributed by atoms with van der Waals surface area (Å²) in [7, 11) is 2.98. The van der Waals surface area contributed by atoms with E-state index in [0.29, 0.717) is 34.3 Å². The number of aliphatic hydroxyl groups is 1. The zero-order chi connectivity index (χ0) is 24.6. The molecule has 1 N–H and O–H groups in total. The van der Waals surface area contributed by atoms with E-state index < -0.39 is 17.7 Å². The molecule has 1 aliphatic rings. The van der Waals surface area contributed by atoms with Crippen molar-refractivity contribution in [1.82, 2.24) is 5.16 Å². The maximum Gasteiger partial charge on any atom is 0.301 e. The molecule has 4 rings (SSSR count). The van der Waals surface area contributed by atoms with Crippen molar-refractivity contribution in [3.8, 4) is 11.5 Å². The number of hydrogen-bond acceptors (Lipinski definition) is 7. The van der Waals surface area contributed by atoms with Gasteiger partial charge in [-0.05, 0) is 42.2 Å². The highest BCUT2D eigenvalue weighted by Crippen LogP contribution is 2.43. The smallest absolute Gasteiger partial charge is 0.301 e. The van der Waals surface area contributed by atoms with Gasteiger partial charge in [0.2, 0.25) is 0 Å². The van der Waals surface area contributed by atoms with Crippen LogP contribution in [0.3, 0.4) is 0 Å². The van der Waals surface area contributed by atoms with E-state index in [4.69, 9.17) is 14.0 Å². The number of rotatable bonds is 6. The van der Waals surface area contributed by atoms with Crippen LogP contribution in [0.5, 0.6) is 11.5 Å². The fourth-order valence-electron chi connectivity index (χ4n) is 4.05. The minimum atomic E-state index is -0.890. The van der Waals surface area contributed by atoms with Crippen LogP contribution in [0, 0.1) is 6.92 Å². The summed E-state index contributed by atoms with van der Waals surface area (Å²) >= 11 is 0. The summed E-state index contributed by atoms with van der Waals surface area (Å²) in [5.74, 6) is -0.0804. The molecule has 8 heteroatoms. The van der Waals surface area contributed by atoms with Crippen molar-refractivity contribution < 1.29 is 28.7 Å². The van der Waals surface area contributed by atoms with Crippen molar-refractivity contribution in [3.63, 3.8) is 0 Å². The Balaban J connectivity index is 1.92. The van der Waals surface area contributed by atoms with E-state index >= 15 is 0 Å². The first kappa shape index (κ1) is 23.1. The number of amides is 1. The van der Waals surface area contributed by atoms with Gasteiger partial charge in [0.05, 0.1) is 25.8 Å². The van der Waals surface area contributed by atoms with Crippen LogP contribution in [-0.2, 0) is 9.59 Å². The predicted octanol–water partition coefficient (Wildman–Crippen LogP) is 4.75. The molecule has 2 heterocycles. The number of Topliss-reactive ketones (excluding diaryl/α,β-unsaturated/α-hetero) is 1. The zero-order valence-corrected chi connectivity index (χ0v) is 19.7. The predicted molar refractivity (Wildman–Crippen MR) is 126 cm³/mol. The van der Waals surface area contributed by atoms with Crippen molar-refractivity contribution in [2.24, 2.45) is 0 Å². The molecule has 0 saturated carbocycles. The van der Waals surface area contributed by atoms with Gasteiger partial charge in [-0.2, -0.15) is 0 Å². The molecule has 8 nitrogen and oxygen atoms in total. The van der Waals surface area contributed by atoms with Gasteiger partial charge in [0.25, 0.3) is 5.78 Å². The maximum atomic E-state index is 13.2. The second-order valence-corrected chi connectivity index (χ2v) is 8.36. The lowest BCUT2D eigenvalue weighted by atomic mass is 9.93. The molecule has 0 radical (unpaired) electrons. The molecule has 0 unspecified atom stereocenters. The third-order valence-corrected chi connectivity index (χ3v) is 5.88. The van der Waals surface area contributed by atoms with Crippen LogP contribution in [0.1, 0.15) is 48.3 Å². The third-order valence-electron chi connectivity index (χ3n) is 5.88. The van der Waals surface area contributed by atoms with Gasteiger partial charge in [0.15, 0.2) is 17.3 Å². The summed E-state index contributed by atoms with van der Waals surface area (Å²) in [5, 5.41) is 15.2. The number of carbonyl (C=O) groups is 2. The molecule has 1 amide bonds. The van der Waals surface area contributed by atoms with E-state index in [1.165, 1.54) is 19.1 Å². The van der Waals surface area contributed by atoms with Crippen molar-refractivity contribution >= 4 is 23.3 Å². The number of ketones is 1. The second kappa shape index (κ2) is 9.05. The zero-order valence-electron chi connectivity index (χ0n) is 19.7. The summed E-state index contributed by atoms with van der Waals surface area (Å²) in [6.07, 6.45) is 0. The molecule has 176 valence electrons. The first-order chi connectivity index (χ1) is 16.3. The van der Waals surface area contributed by atoms with E-state index in [1.54, 1.807) is 31.2 Å². The standard InChI is InChI=1S/C26H26N2O6/c1-14(2)16-6-8-17(9-7-16)23-22(24(29)18-10-11-19(32-4)20(13-18)33-5)25(30)26(31)28(23)21-12-15(3)34-27-21/h6-14,23,29H,1-5H3/b24-22+/t23-/m1/s1. The number of aromatic nitrogens is 1. The van der Waals surface area contributed by atoms with Gasteiger partial charge in [-0.3, -0.25) is 14.5 Å². The van der Waals surface area contributed by atoms with E-state index in [9.17, 15) is 14.7 Å². The Hall–Kier alpha value is -4.07. The Kier molecular flexibility index (Phi) is 6.15. The number of aryl methyl sites for hydroxylation is 1. The fraction of sp³-hybridized carbons (Fsp3) is 0.269. The maximum absolute atomic E-state index is 13.2. The van der Waals surface area contributed by atoms with Gasteiger partial charge in [0, 0.05) is 11.6 Å². The monoisotopic (exact) mass is 462 g/mol. The van der Waals surface area contributed by atoms with Crippen molar-refractivity contribution in [2.75, 3.05) is 19.1 Å². The summed E-state index contributed by atoms with van der Waals surface area (Å²) in [4.78, 5) is 27.6. The Morgan fingerprint density at radius 1 is 1.03 bits per heavy atom. The van der Waals surface area contributed by atoms with Gasteiger partial charge in [-0.1, -0.05) is 43.3 Å². The SMILES string of the molecule is COc1ccc(/C(O)=C2\C(=O)C(=O)N(c3cc(C)on3)[C@@H]2c2ccc(C(C)C)cc2)cc1OC. The van der Waals surface area contributed by atoms with Crippen molar-refractivity contribution in [2.45, 2.75) is 32.7 Å². The van der Waals surface area contributed by atoms with Gasteiger partial charge in [0.1, 0.15) is 11.5 Å². The van der Waals surface area contributed by atoms with E-state index in [-0.39, 0.29) is 17.2 Å². The summed E-state index contributed by atoms with van der Waals surface area (Å²) < 4.78 is 15.8. The highest BCUT2D eigenvalue weighted by atomic mass is 16.5. The molecule has 2 aromatic carbocycles. The number of aliphatic hydroxyl groups excluding tert-OH is 1. The van der Waals surface area contributed by atoms with E-state index in [1.807, 2.05) is 24.3 Å². The molecule has 0 spiro atoms. The molecular formula is C26H26N2O6. The molecule has 0 aliphatic carbocycles. The van der Waals surface area contributed by atoms with E-state index in [2.05, 4.69) is 19.0 Å². The average molecular weight is 463 g/mol. The Morgan fingerprint density at radius 2 is 1.71 bits per heavy atom. The molecule has 34 heavy (non-hydrogen) atoms. The van der Waals surface area contributed by atoms with Gasteiger partial charge in [-0.25, -0.2) is 0 Å². The molecule has 1 saturated heterocycles. The summed E-state index contributed by atoms with van der Waals surface area (Å²) in [5.41, 5.74) is 2.04. The molecule has 1 aliphatic heterocycles. The number of carbonyl (C=O) groups excluding carboxylic acids is 2. The van der Waals surface area contributed by atoms with Crippen LogP contribution in [0.25, 0.3) is 5.76 Å². The minimum absolute atomic E-state index is 0.0461. The van der Waals surface area contributed by atoms with Crippen LogP contribution < -0.4 is 14.4 Å². The Bertz CT molecular complexity index is 1270. The quantitative estimate of drug-likeness (QED) is 0.320. The lowest BCUT2D eigenvalue weighted by Gasteiger charge is -2.23. The molecule has 1 atom stereocenters. The van der Waals surface area contributed by atoms with Crippen LogP contribution in [0.15, 0.2) is 58.6 Å². The first-order valence-corrected chi connectivity index (χ1v) is 10.8. The van der Waals surface area contributed by atoms with Gasteiger partial charge < -0.3 is 19.1 Å². The first-order valence-electron chi connectivity index (χ1n) is 10.8. The van der Waals surface area contributed by atoms with Crippen LogP contribution in [0.4, 0.5) is 5.82 Å². The molecular weight excluding hydrogens is 436 g/mol. The van der Waals surface area contributed by atoms with E-state index in [0.717, 1.165) is 5.56 Å². The number of methoxy groups -OCH3 is 2. The number of anilines is 1. The number of hydrogen-bond donors (Lipinski definition) is 1. The minimum Gasteiger partial charge on any atom is -0.507 e. The highest BCUT2D eigenvalue weighted by Gasteiger charge is 2.48. The Labute approximate surface area is 197 Å².